The Kier molecular flexibility index (Phi) is 7.05. The third-order valence-corrected chi connectivity index (χ3v) is 2.37. The minimum absolute atomic E-state index is 0. The van der Waals surface area contributed by atoms with Crippen molar-refractivity contribution in [3.63, 3.8) is 0 Å². The average Bonchev–Trinajstić information content (AvgIpc) is 2.20. The zero-order valence-corrected chi connectivity index (χ0v) is 13.6. The maximum Gasteiger partial charge on any atom is 0.277 e. The Balaban J connectivity index is 0.00000112. The highest BCUT2D eigenvalue weighted by Crippen LogP contribution is 2.07. The summed E-state index contributed by atoms with van der Waals surface area (Å²) in [6.45, 7) is 0. The van der Waals surface area contributed by atoms with Gasteiger partial charge in [0.1, 0.15) is 14.1 Å². The van der Waals surface area contributed by atoms with E-state index in [4.69, 9.17) is 0 Å². The Labute approximate surface area is 130 Å². The van der Waals surface area contributed by atoms with Gasteiger partial charge in [-0.05, 0) is 12.1 Å². The van der Waals surface area contributed by atoms with Gasteiger partial charge in [-0.2, -0.15) is 9.13 Å². The van der Waals surface area contributed by atoms with Crippen molar-refractivity contribution in [2.45, 2.75) is 0 Å². The van der Waals surface area contributed by atoms with Crippen molar-refractivity contribution in [1.82, 2.24) is 0 Å². The summed E-state index contributed by atoms with van der Waals surface area (Å²) in [5, 5.41) is 0. The number of pyridine rings is 2. The molecule has 4 heteroatoms. The van der Waals surface area contributed by atoms with Gasteiger partial charge in [-0.25, -0.2) is 0 Å². The standard InChI is InChI=1S/C12H14N2.2HI/c1-13-9-5-3-7-11(13)12-8-4-6-10-14(12)2;;/h3-10H,1-2H3;2*1H/q+2;;/p-2. The fraction of sp³-hybridized carbons (Fsp3) is 0.167. The molecular formula is C12H14I2N2. The molecule has 16 heavy (non-hydrogen) atoms. The molecule has 0 aromatic carbocycles. The Morgan fingerprint density at radius 3 is 1.38 bits per heavy atom. The van der Waals surface area contributed by atoms with Crippen LogP contribution < -0.4 is 57.1 Å². The van der Waals surface area contributed by atoms with Gasteiger partial charge < -0.3 is 48.0 Å². The second kappa shape index (κ2) is 7.16. The van der Waals surface area contributed by atoms with E-state index < -0.39 is 0 Å². The summed E-state index contributed by atoms with van der Waals surface area (Å²) in [4.78, 5) is 0. The Bertz CT molecular complexity index is 415. The van der Waals surface area contributed by atoms with Gasteiger partial charge in [0.15, 0.2) is 12.4 Å². The molecule has 0 unspecified atom stereocenters. The molecule has 0 N–H and O–H groups in total. The van der Waals surface area contributed by atoms with Crippen LogP contribution in [-0.4, -0.2) is 0 Å². The number of hydrogen-bond donors (Lipinski definition) is 0. The molecule has 0 spiro atoms. The summed E-state index contributed by atoms with van der Waals surface area (Å²) < 4.78 is 4.24. The minimum atomic E-state index is 0. The van der Waals surface area contributed by atoms with Crippen LogP contribution in [0.2, 0.25) is 0 Å². The van der Waals surface area contributed by atoms with Gasteiger partial charge >= 0.3 is 0 Å². The summed E-state index contributed by atoms with van der Waals surface area (Å²) in [5.74, 6) is 0. The van der Waals surface area contributed by atoms with Gasteiger partial charge in [0.2, 0.25) is 0 Å². The van der Waals surface area contributed by atoms with Gasteiger partial charge in [0.25, 0.3) is 11.4 Å². The predicted octanol–water partition coefficient (Wildman–Crippen LogP) is -4.99. The Morgan fingerprint density at radius 2 is 1.06 bits per heavy atom. The highest BCUT2D eigenvalue weighted by Gasteiger charge is 2.16. The molecule has 0 saturated heterocycles. The molecule has 0 aliphatic carbocycles. The summed E-state index contributed by atoms with van der Waals surface area (Å²) in [6, 6.07) is 12.4. The Morgan fingerprint density at radius 1 is 0.688 bits per heavy atom. The molecule has 0 aliphatic rings. The molecule has 2 nitrogen and oxygen atoms in total. The molecule has 2 heterocycles. The number of hydrogen-bond acceptors (Lipinski definition) is 0. The quantitative estimate of drug-likeness (QED) is 0.310. The fourth-order valence-corrected chi connectivity index (χ4v) is 1.58. The van der Waals surface area contributed by atoms with Gasteiger partial charge in [0, 0.05) is 24.3 Å². The number of nitrogens with zero attached hydrogens (tertiary/aromatic N) is 2. The average molecular weight is 440 g/mol. The lowest BCUT2D eigenvalue weighted by atomic mass is 10.2. The molecule has 0 radical (unpaired) electrons. The molecule has 0 aliphatic heterocycles. The lowest BCUT2D eigenvalue weighted by Crippen LogP contribution is -3.00. The molecule has 0 amide bonds. The lowest BCUT2D eigenvalue weighted by molar-refractivity contribution is -0.690. The van der Waals surface area contributed by atoms with Gasteiger partial charge in [-0.15, -0.1) is 0 Å². The maximum absolute atomic E-state index is 2.12. The number of rotatable bonds is 1. The molecule has 86 valence electrons. The molecule has 2 rings (SSSR count). The maximum atomic E-state index is 2.12. The van der Waals surface area contributed by atoms with E-state index in [1.165, 1.54) is 11.4 Å². The number of halogens is 2. The van der Waals surface area contributed by atoms with Crippen LogP contribution in [0.4, 0.5) is 0 Å². The van der Waals surface area contributed by atoms with Crippen molar-refractivity contribution < 1.29 is 57.1 Å². The number of aromatic nitrogens is 2. The van der Waals surface area contributed by atoms with E-state index in [1.807, 2.05) is 12.1 Å². The van der Waals surface area contributed by atoms with Gasteiger partial charge in [0.05, 0.1) is 0 Å². The van der Waals surface area contributed by atoms with E-state index in [0.717, 1.165) is 0 Å². The topological polar surface area (TPSA) is 7.76 Å². The van der Waals surface area contributed by atoms with E-state index in [0.29, 0.717) is 0 Å². The van der Waals surface area contributed by atoms with Crippen LogP contribution in [0.25, 0.3) is 11.4 Å². The third kappa shape index (κ3) is 3.38. The zero-order chi connectivity index (χ0) is 9.97. The van der Waals surface area contributed by atoms with E-state index >= 15 is 0 Å². The summed E-state index contributed by atoms with van der Waals surface area (Å²) in [5.41, 5.74) is 2.44. The zero-order valence-electron chi connectivity index (χ0n) is 9.27. The van der Waals surface area contributed by atoms with Crippen LogP contribution >= 0.6 is 0 Å². The first-order valence-electron chi connectivity index (χ1n) is 4.69. The molecular weight excluding hydrogens is 426 g/mol. The van der Waals surface area contributed by atoms with Crippen molar-refractivity contribution in [3.8, 4) is 11.4 Å². The summed E-state index contributed by atoms with van der Waals surface area (Å²) >= 11 is 0. The predicted molar refractivity (Wildman–Crippen MR) is 54.2 cm³/mol. The fourth-order valence-electron chi connectivity index (χ4n) is 1.58. The highest BCUT2D eigenvalue weighted by atomic mass is 127. The third-order valence-electron chi connectivity index (χ3n) is 2.37. The van der Waals surface area contributed by atoms with E-state index in [1.54, 1.807) is 0 Å². The lowest BCUT2D eigenvalue weighted by Gasteiger charge is -1.97. The molecule has 0 bridgehead atoms. The van der Waals surface area contributed by atoms with E-state index in [-0.39, 0.29) is 48.0 Å². The first kappa shape index (κ1) is 15.8. The smallest absolute Gasteiger partial charge is 0.277 e. The van der Waals surface area contributed by atoms with E-state index in [9.17, 15) is 0 Å². The first-order chi connectivity index (χ1) is 6.79. The first-order valence-corrected chi connectivity index (χ1v) is 4.69. The van der Waals surface area contributed by atoms with Crippen molar-refractivity contribution in [2.75, 3.05) is 0 Å². The largest absolute Gasteiger partial charge is 1.00 e. The molecule has 2 aromatic rings. The summed E-state index contributed by atoms with van der Waals surface area (Å²) in [7, 11) is 4.12. The second-order valence-corrected chi connectivity index (χ2v) is 3.39. The second-order valence-electron chi connectivity index (χ2n) is 3.39. The van der Waals surface area contributed by atoms with Crippen LogP contribution in [0, 0.1) is 0 Å². The van der Waals surface area contributed by atoms with Crippen LogP contribution in [0.1, 0.15) is 0 Å². The van der Waals surface area contributed by atoms with Gasteiger partial charge in [-0.3, -0.25) is 0 Å². The molecule has 2 aromatic heterocycles. The van der Waals surface area contributed by atoms with Crippen LogP contribution in [0.3, 0.4) is 0 Å². The van der Waals surface area contributed by atoms with Crippen LogP contribution in [0.15, 0.2) is 48.8 Å². The molecule has 0 saturated carbocycles. The Hall–Kier alpha value is -0.240. The van der Waals surface area contributed by atoms with Crippen molar-refractivity contribution in [1.29, 1.82) is 0 Å². The molecule has 0 atom stereocenters. The summed E-state index contributed by atoms with van der Waals surface area (Å²) in [6.07, 6.45) is 4.12. The van der Waals surface area contributed by atoms with Crippen molar-refractivity contribution in [3.05, 3.63) is 48.8 Å². The normalized spacial score (nSPS) is 8.88. The highest BCUT2D eigenvalue weighted by molar-refractivity contribution is 5.45. The molecule has 0 fully saturated rings. The number of aryl methyl sites for hydroxylation is 2. The monoisotopic (exact) mass is 440 g/mol. The van der Waals surface area contributed by atoms with Crippen LogP contribution in [-0.2, 0) is 14.1 Å². The van der Waals surface area contributed by atoms with Crippen molar-refractivity contribution in [2.24, 2.45) is 14.1 Å². The van der Waals surface area contributed by atoms with Crippen LogP contribution in [0.5, 0.6) is 0 Å². The minimum Gasteiger partial charge on any atom is -1.00 e. The van der Waals surface area contributed by atoms with Crippen molar-refractivity contribution >= 4 is 0 Å². The van der Waals surface area contributed by atoms with Gasteiger partial charge in [-0.1, -0.05) is 0 Å². The SMILES string of the molecule is C[n+]1ccccc1-c1cccc[n+]1C.[I-].[I-]. The van der Waals surface area contributed by atoms with E-state index in [2.05, 4.69) is 59.9 Å².